The Balaban J connectivity index is 1.63. The molecule has 0 saturated heterocycles. The first-order valence-corrected chi connectivity index (χ1v) is 8.31. The van der Waals surface area contributed by atoms with Gasteiger partial charge in [-0.2, -0.15) is 0 Å². The molecule has 1 fully saturated rings. The quantitative estimate of drug-likeness (QED) is 0.735. The van der Waals surface area contributed by atoms with Crippen LogP contribution in [-0.2, 0) is 6.61 Å². The molecule has 0 amide bonds. The third-order valence-electron chi connectivity index (χ3n) is 4.98. The second kappa shape index (κ2) is 6.83. The van der Waals surface area contributed by atoms with E-state index < -0.39 is 6.10 Å². The Bertz CT molecular complexity index is 637. The molecule has 3 N–H and O–H groups in total. The van der Waals surface area contributed by atoms with E-state index in [1.54, 1.807) is 0 Å². The fourth-order valence-corrected chi connectivity index (χ4v) is 3.13. The lowest BCUT2D eigenvalue weighted by molar-refractivity contribution is 0.0903. The molecule has 2 aromatic rings. The van der Waals surface area contributed by atoms with Gasteiger partial charge in [-0.05, 0) is 36.5 Å². The zero-order chi connectivity index (χ0) is 16.3. The zero-order valence-electron chi connectivity index (χ0n) is 13.6. The fourth-order valence-electron chi connectivity index (χ4n) is 3.13. The van der Waals surface area contributed by atoms with Crippen molar-refractivity contribution in [3.05, 3.63) is 71.3 Å². The smallest absolute Gasteiger partial charge is 0.0858 e. The van der Waals surface area contributed by atoms with Gasteiger partial charge in [-0.3, -0.25) is 0 Å². The highest BCUT2D eigenvalue weighted by atomic mass is 16.3. The summed E-state index contributed by atoms with van der Waals surface area (Å²) in [6.07, 6.45) is 1.70. The number of aliphatic hydroxyl groups is 2. The van der Waals surface area contributed by atoms with Gasteiger partial charge in [0, 0.05) is 18.0 Å². The van der Waals surface area contributed by atoms with E-state index in [9.17, 15) is 10.2 Å². The lowest BCUT2D eigenvalue weighted by Gasteiger charge is -2.25. The summed E-state index contributed by atoms with van der Waals surface area (Å²) in [7, 11) is 0. The molecule has 3 heteroatoms. The molecule has 1 aliphatic carbocycles. The topological polar surface area (TPSA) is 52.5 Å². The van der Waals surface area contributed by atoms with Gasteiger partial charge >= 0.3 is 0 Å². The van der Waals surface area contributed by atoms with E-state index in [0.29, 0.717) is 0 Å². The minimum absolute atomic E-state index is 0.0375. The fraction of sp³-hybridized carbons (Fsp3) is 0.400. The molecule has 0 heterocycles. The van der Waals surface area contributed by atoms with Crippen LogP contribution in [0.4, 0.5) is 0 Å². The summed E-state index contributed by atoms with van der Waals surface area (Å²) in [5.74, 6) is 0. The molecule has 0 aromatic heterocycles. The van der Waals surface area contributed by atoms with Crippen molar-refractivity contribution in [2.24, 2.45) is 5.41 Å². The second-order valence-electron chi connectivity index (χ2n) is 6.68. The molecular weight excluding hydrogens is 286 g/mol. The minimum Gasteiger partial charge on any atom is -0.392 e. The normalized spacial score (nSPS) is 18.4. The lowest BCUT2D eigenvalue weighted by atomic mass is 9.92. The predicted molar refractivity (Wildman–Crippen MR) is 91.9 cm³/mol. The zero-order valence-corrected chi connectivity index (χ0v) is 13.6. The van der Waals surface area contributed by atoms with Gasteiger partial charge in [0.15, 0.2) is 0 Å². The Morgan fingerprint density at radius 2 is 1.74 bits per heavy atom. The maximum atomic E-state index is 10.7. The Labute approximate surface area is 138 Å². The average Bonchev–Trinajstić information content (AvgIpc) is 3.41. The van der Waals surface area contributed by atoms with Gasteiger partial charge in [-0.15, -0.1) is 0 Å². The summed E-state index contributed by atoms with van der Waals surface area (Å²) in [4.78, 5) is 0. The van der Waals surface area contributed by atoms with Gasteiger partial charge in [0.25, 0.3) is 0 Å². The van der Waals surface area contributed by atoms with Gasteiger partial charge < -0.3 is 15.5 Å². The monoisotopic (exact) mass is 311 g/mol. The van der Waals surface area contributed by atoms with Crippen LogP contribution in [0.5, 0.6) is 0 Å². The van der Waals surface area contributed by atoms with E-state index in [-0.39, 0.29) is 18.1 Å². The van der Waals surface area contributed by atoms with Crippen molar-refractivity contribution in [1.29, 1.82) is 0 Å². The SMILES string of the molecule is CC(NCC1(C(O)c2ccccc2)CC1)c1cccc(CO)c1. The predicted octanol–water partition coefficient (Wildman–Crippen LogP) is 3.34. The second-order valence-corrected chi connectivity index (χ2v) is 6.68. The van der Waals surface area contributed by atoms with Gasteiger partial charge in [0.1, 0.15) is 0 Å². The highest BCUT2D eigenvalue weighted by molar-refractivity contribution is 5.26. The summed E-state index contributed by atoms with van der Waals surface area (Å²) in [5.41, 5.74) is 3.06. The van der Waals surface area contributed by atoms with Crippen LogP contribution in [0.2, 0.25) is 0 Å². The number of hydrogen-bond acceptors (Lipinski definition) is 3. The molecule has 3 rings (SSSR count). The Morgan fingerprint density at radius 3 is 2.39 bits per heavy atom. The third kappa shape index (κ3) is 3.63. The summed E-state index contributed by atoms with van der Waals surface area (Å²) < 4.78 is 0. The van der Waals surface area contributed by atoms with Crippen LogP contribution < -0.4 is 5.32 Å². The van der Waals surface area contributed by atoms with Crippen molar-refractivity contribution >= 4 is 0 Å². The molecule has 0 bridgehead atoms. The van der Waals surface area contributed by atoms with Crippen LogP contribution in [-0.4, -0.2) is 16.8 Å². The molecule has 122 valence electrons. The van der Waals surface area contributed by atoms with Crippen molar-refractivity contribution in [1.82, 2.24) is 5.32 Å². The summed E-state index contributed by atoms with van der Waals surface area (Å²) in [6.45, 7) is 2.99. The maximum absolute atomic E-state index is 10.7. The van der Waals surface area contributed by atoms with Crippen molar-refractivity contribution < 1.29 is 10.2 Å². The van der Waals surface area contributed by atoms with E-state index in [0.717, 1.165) is 30.5 Å². The molecule has 3 nitrogen and oxygen atoms in total. The van der Waals surface area contributed by atoms with E-state index >= 15 is 0 Å². The third-order valence-corrected chi connectivity index (χ3v) is 4.98. The number of hydrogen-bond donors (Lipinski definition) is 3. The number of benzene rings is 2. The first-order valence-electron chi connectivity index (χ1n) is 8.31. The van der Waals surface area contributed by atoms with Crippen LogP contribution in [0.1, 0.15) is 48.6 Å². The van der Waals surface area contributed by atoms with E-state index in [4.69, 9.17) is 0 Å². The summed E-state index contributed by atoms with van der Waals surface area (Å²) >= 11 is 0. The van der Waals surface area contributed by atoms with Crippen molar-refractivity contribution in [3.8, 4) is 0 Å². The molecule has 23 heavy (non-hydrogen) atoms. The summed E-state index contributed by atoms with van der Waals surface area (Å²) in [6, 6.07) is 18.1. The van der Waals surface area contributed by atoms with E-state index in [1.807, 2.05) is 48.5 Å². The molecule has 1 aliphatic rings. The highest BCUT2D eigenvalue weighted by Gasteiger charge is 2.49. The van der Waals surface area contributed by atoms with Crippen LogP contribution in [0.15, 0.2) is 54.6 Å². The van der Waals surface area contributed by atoms with Gasteiger partial charge in [0.2, 0.25) is 0 Å². The maximum Gasteiger partial charge on any atom is 0.0858 e. The summed E-state index contributed by atoms with van der Waals surface area (Å²) in [5, 5.41) is 23.5. The first-order chi connectivity index (χ1) is 11.1. The van der Waals surface area contributed by atoms with E-state index in [1.165, 1.54) is 5.56 Å². The highest BCUT2D eigenvalue weighted by Crippen LogP contribution is 2.54. The molecule has 2 unspecified atom stereocenters. The Hall–Kier alpha value is -1.68. The van der Waals surface area contributed by atoms with Gasteiger partial charge in [0.05, 0.1) is 12.7 Å². The van der Waals surface area contributed by atoms with Crippen LogP contribution in [0, 0.1) is 5.41 Å². The number of rotatable bonds is 7. The van der Waals surface area contributed by atoms with Gasteiger partial charge in [-0.1, -0.05) is 54.6 Å². The Kier molecular flexibility index (Phi) is 4.81. The first kappa shape index (κ1) is 16.2. The molecular formula is C20H25NO2. The lowest BCUT2D eigenvalue weighted by Crippen LogP contribution is -2.30. The van der Waals surface area contributed by atoms with Crippen LogP contribution in [0.25, 0.3) is 0 Å². The Morgan fingerprint density at radius 1 is 1.04 bits per heavy atom. The van der Waals surface area contributed by atoms with Crippen molar-refractivity contribution in [2.75, 3.05) is 6.54 Å². The molecule has 2 aromatic carbocycles. The number of aliphatic hydroxyl groups excluding tert-OH is 2. The number of nitrogens with one attached hydrogen (secondary N) is 1. The molecule has 0 aliphatic heterocycles. The molecule has 2 atom stereocenters. The minimum atomic E-state index is -0.410. The van der Waals surface area contributed by atoms with Crippen molar-refractivity contribution in [3.63, 3.8) is 0 Å². The molecule has 0 radical (unpaired) electrons. The largest absolute Gasteiger partial charge is 0.392 e. The average molecular weight is 311 g/mol. The standard InChI is InChI=1S/C20H25NO2/c1-15(18-9-5-6-16(12-18)13-22)21-14-20(10-11-20)19(23)17-7-3-2-4-8-17/h2-9,12,15,19,21-23H,10-11,13-14H2,1H3. The van der Waals surface area contributed by atoms with Crippen LogP contribution >= 0.6 is 0 Å². The van der Waals surface area contributed by atoms with E-state index in [2.05, 4.69) is 18.3 Å². The van der Waals surface area contributed by atoms with Crippen molar-refractivity contribution in [2.45, 2.75) is 38.5 Å². The van der Waals surface area contributed by atoms with Gasteiger partial charge in [-0.25, -0.2) is 0 Å². The van der Waals surface area contributed by atoms with Crippen LogP contribution in [0.3, 0.4) is 0 Å². The molecule has 0 spiro atoms. The molecule has 1 saturated carbocycles.